The first-order valence-corrected chi connectivity index (χ1v) is 11.5. The maximum absolute atomic E-state index is 13.5. The van der Waals surface area contributed by atoms with Crippen LogP contribution in [0.15, 0.2) is 48.7 Å². The molecule has 2 aliphatic rings. The van der Waals surface area contributed by atoms with Gasteiger partial charge in [-0.25, -0.2) is 4.68 Å². The molecule has 1 aromatic heterocycles. The second kappa shape index (κ2) is 8.68. The summed E-state index contributed by atoms with van der Waals surface area (Å²) in [6, 6.07) is 13.3. The highest BCUT2D eigenvalue weighted by molar-refractivity contribution is 6.35. The van der Waals surface area contributed by atoms with E-state index >= 15 is 0 Å². The van der Waals surface area contributed by atoms with Crippen molar-refractivity contribution >= 4 is 34.8 Å². The van der Waals surface area contributed by atoms with Crippen LogP contribution < -0.4 is 9.64 Å². The normalized spacial score (nSPS) is 16.3. The lowest BCUT2D eigenvalue weighted by atomic mass is 10.1. The Bertz CT molecular complexity index is 1150. The molecule has 166 valence electrons. The predicted octanol–water partition coefficient (Wildman–Crippen LogP) is 5.03. The van der Waals surface area contributed by atoms with Gasteiger partial charge in [0.1, 0.15) is 5.75 Å². The minimum Gasteiger partial charge on any atom is -0.495 e. The Hall–Kier alpha value is -2.70. The van der Waals surface area contributed by atoms with E-state index in [0.29, 0.717) is 34.6 Å². The summed E-state index contributed by atoms with van der Waals surface area (Å²) in [6.45, 7) is 2.80. The van der Waals surface area contributed by atoms with Gasteiger partial charge < -0.3 is 14.5 Å². The number of rotatable bonds is 5. The van der Waals surface area contributed by atoms with Gasteiger partial charge in [0.15, 0.2) is 0 Å². The Balaban J connectivity index is 1.37. The maximum Gasteiger partial charge on any atom is 0.257 e. The van der Waals surface area contributed by atoms with Crippen molar-refractivity contribution in [2.75, 3.05) is 38.2 Å². The molecule has 0 atom stereocenters. The highest BCUT2D eigenvalue weighted by Gasteiger charge is 2.35. The fourth-order valence-electron chi connectivity index (χ4n) is 4.33. The van der Waals surface area contributed by atoms with Gasteiger partial charge in [0.2, 0.25) is 0 Å². The first kappa shape index (κ1) is 21.2. The van der Waals surface area contributed by atoms with E-state index in [1.165, 1.54) is 0 Å². The lowest BCUT2D eigenvalue weighted by Crippen LogP contribution is -2.49. The molecule has 2 fully saturated rings. The molecule has 6 nitrogen and oxygen atoms in total. The van der Waals surface area contributed by atoms with Crippen LogP contribution in [0.2, 0.25) is 10.0 Å². The quantitative estimate of drug-likeness (QED) is 0.524. The number of hydrogen-bond acceptors (Lipinski definition) is 4. The zero-order valence-electron chi connectivity index (χ0n) is 17.8. The fourth-order valence-corrected chi connectivity index (χ4v) is 4.82. The molecule has 1 amide bonds. The Labute approximate surface area is 197 Å². The molecule has 2 aromatic carbocycles. The number of amides is 1. The van der Waals surface area contributed by atoms with E-state index in [9.17, 15) is 4.79 Å². The molecular formula is C24H24Cl2N4O2. The monoisotopic (exact) mass is 470 g/mol. The Morgan fingerprint density at radius 3 is 2.47 bits per heavy atom. The van der Waals surface area contributed by atoms with Crippen molar-refractivity contribution < 1.29 is 9.53 Å². The first-order valence-electron chi connectivity index (χ1n) is 10.8. The molecule has 8 heteroatoms. The van der Waals surface area contributed by atoms with E-state index in [1.54, 1.807) is 25.4 Å². The number of aromatic nitrogens is 2. The number of carbonyl (C=O) groups excluding carboxylic acids is 1. The SMILES string of the molecule is COc1ccccc1N1CCN(C(=O)c2cnn(-c3ccc(Cl)cc3Cl)c2C2CC2)CC1. The molecule has 5 rings (SSSR count). The summed E-state index contributed by atoms with van der Waals surface area (Å²) < 4.78 is 7.31. The number of halogens is 2. The van der Waals surface area contributed by atoms with Gasteiger partial charge in [-0.2, -0.15) is 5.10 Å². The summed E-state index contributed by atoms with van der Waals surface area (Å²) in [5, 5.41) is 5.65. The van der Waals surface area contributed by atoms with Gasteiger partial charge in [-0.3, -0.25) is 4.79 Å². The number of anilines is 1. The summed E-state index contributed by atoms with van der Waals surface area (Å²) in [7, 11) is 1.68. The number of ether oxygens (including phenoxy) is 1. The molecule has 1 aliphatic heterocycles. The van der Waals surface area contributed by atoms with E-state index in [4.69, 9.17) is 27.9 Å². The summed E-state index contributed by atoms with van der Waals surface area (Å²) in [4.78, 5) is 17.7. The van der Waals surface area contributed by atoms with Crippen LogP contribution in [-0.4, -0.2) is 53.9 Å². The van der Waals surface area contributed by atoms with E-state index in [-0.39, 0.29) is 5.91 Å². The molecule has 0 unspecified atom stereocenters. The second-order valence-electron chi connectivity index (χ2n) is 8.18. The molecule has 32 heavy (non-hydrogen) atoms. The van der Waals surface area contributed by atoms with Gasteiger partial charge in [-0.15, -0.1) is 0 Å². The van der Waals surface area contributed by atoms with Gasteiger partial charge in [0, 0.05) is 37.1 Å². The molecule has 0 spiro atoms. The van der Waals surface area contributed by atoms with Crippen LogP contribution in [0.5, 0.6) is 5.75 Å². The minimum absolute atomic E-state index is 0.0305. The molecule has 0 bridgehead atoms. The third-order valence-corrected chi connectivity index (χ3v) is 6.67. The molecule has 2 heterocycles. The molecule has 0 radical (unpaired) electrons. The van der Waals surface area contributed by atoms with Gasteiger partial charge >= 0.3 is 0 Å². The van der Waals surface area contributed by atoms with E-state index < -0.39 is 0 Å². The predicted molar refractivity (Wildman–Crippen MR) is 127 cm³/mol. The molecule has 0 N–H and O–H groups in total. The van der Waals surface area contributed by atoms with Crippen LogP contribution in [0, 0.1) is 0 Å². The van der Waals surface area contributed by atoms with Crippen molar-refractivity contribution in [2.45, 2.75) is 18.8 Å². The van der Waals surface area contributed by atoms with Gasteiger partial charge in [-0.1, -0.05) is 35.3 Å². The molecule has 1 saturated heterocycles. The number of carbonyl (C=O) groups is 1. The van der Waals surface area contributed by atoms with Crippen LogP contribution in [0.1, 0.15) is 34.8 Å². The topological polar surface area (TPSA) is 50.6 Å². The molecular weight excluding hydrogens is 447 g/mol. The number of para-hydroxylation sites is 2. The van der Waals surface area contributed by atoms with Gasteiger partial charge in [0.25, 0.3) is 5.91 Å². The first-order chi connectivity index (χ1) is 15.6. The highest BCUT2D eigenvalue weighted by atomic mass is 35.5. The summed E-state index contributed by atoms with van der Waals surface area (Å²) in [5.74, 6) is 1.21. The third kappa shape index (κ3) is 3.93. The van der Waals surface area contributed by atoms with Gasteiger partial charge in [0.05, 0.1) is 41.0 Å². The standard InChI is InChI=1S/C24H24Cl2N4O2/c1-32-22-5-3-2-4-21(22)28-10-12-29(13-11-28)24(31)18-15-27-30(23(18)16-6-7-16)20-9-8-17(25)14-19(20)26/h2-5,8-9,14-16H,6-7,10-13H2,1H3. The average Bonchev–Trinajstić information content (AvgIpc) is 3.57. The highest BCUT2D eigenvalue weighted by Crippen LogP contribution is 2.43. The second-order valence-corrected chi connectivity index (χ2v) is 9.02. The lowest BCUT2D eigenvalue weighted by molar-refractivity contribution is 0.0745. The average molecular weight is 471 g/mol. The Kier molecular flexibility index (Phi) is 5.74. The number of nitrogens with zero attached hydrogens (tertiary/aromatic N) is 4. The summed E-state index contributed by atoms with van der Waals surface area (Å²) in [6.07, 6.45) is 3.80. The van der Waals surface area contributed by atoms with Crippen molar-refractivity contribution in [1.29, 1.82) is 0 Å². The van der Waals surface area contributed by atoms with Crippen molar-refractivity contribution in [2.24, 2.45) is 0 Å². The summed E-state index contributed by atoms with van der Waals surface area (Å²) >= 11 is 12.5. The number of benzene rings is 2. The lowest BCUT2D eigenvalue weighted by Gasteiger charge is -2.36. The zero-order valence-corrected chi connectivity index (χ0v) is 19.3. The molecule has 1 aliphatic carbocycles. The van der Waals surface area contributed by atoms with E-state index in [1.807, 2.05) is 33.8 Å². The molecule has 1 saturated carbocycles. The van der Waals surface area contributed by atoms with E-state index in [2.05, 4.69) is 16.1 Å². The van der Waals surface area contributed by atoms with Crippen LogP contribution in [0.4, 0.5) is 5.69 Å². The van der Waals surface area contributed by atoms with E-state index in [0.717, 1.165) is 48.7 Å². The largest absolute Gasteiger partial charge is 0.495 e. The van der Waals surface area contributed by atoms with Crippen molar-refractivity contribution in [3.63, 3.8) is 0 Å². The maximum atomic E-state index is 13.5. The van der Waals surface area contributed by atoms with Crippen molar-refractivity contribution in [3.05, 3.63) is 70.0 Å². The summed E-state index contributed by atoms with van der Waals surface area (Å²) in [5.41, 5.74) is 3.43. The molecule has 3 aromatic rings. The number of piperazine rings is 1. The smallest absolute Gasteiger partial charge is 0.257 e. The van der Waals surface area contributed by atoms with Crippen molar-refractivity contribution in [1.82, 2.24) is 14.7 Å². The Morgan fingerprint density at radius 2 is 1.78 bits per heavy atom. The number of methoxy groups -OCH3 is 1. The van der Waals surface area contributed by atoms with Crippen LogP contribution >= 0.6 is 23.2 Å². The number of hydrogen-bond donors (Lipinski definition) is 0. The Morgan fingerprint density at radius 1 is 1.03 bits per heavy atom. The van der Waals surface area contributed by atoms with Crippen LogP contribution in [-0.2, 0) is 0 Å². The van der Waals surface area contributed by atoms with Gasteiger partial charge in [-0.05, 0) is 43.2 Å². The minimum atomic E-state index is 0.0305. The van der Waals surface area contributed by atoms with Crippen LogP contribution in [0.3, 0.4) is 0 Å². The zero-order chi connectivity index (χ0) is 22.2. The van der Waals surface area contributed by atoms with Crippen LogP contribution in [0.25, 0.3) is 5.69 Å². The third-order valence-electron chi connectivity index (χ3n) is 6.13. The fraction of sp³-hybridized carbons (Fsp3) is 0.333. The van der Waals surface area contributed by atoms with Crippen molar-refractivity contribution in [3.8, 4) is 11.4 Å².